The molecule has 0 saturated carbocycles. The van der Waals surface area contributed by atoms with Gasteiger partial charge in [0.25, 0.3) is 0 Å². The highest BCUT2D eigenvalue weighted by molar-refractivity contribution is 6.31. The van der Waals surface area contributed by atoms with E-state index in [9.17, 15) is 0 Å². The summed E-state index contributed by atoms with van der Waals surface area (Å²) in [5.74, 6) is 1.50. The zero-order valence-electron chi connectivity index (χ0n) is 9.53. The summed E-state index contributed by atoms with van der Waals surface area (Å²) in [5.41, 5.74) is 1.20. The quantitative estimate of drug-likeness (QED) is 0.547. The van der Waals surface area contributed by atoms with Gasteiger partial charge in [-0.25, -0.2) is 0 Å². The molecule has 16 heavy (non-hydrogen) atoms. The van der Waals surface area contributed by atoms with Crippen molar-refractivity contribution in [2.24, 2.45) is 0 Å². The molecule has 0 saturated heterocycles. The molecule has 2 heteroatoms. The van der Waals surface area contributed by atoms with Crippen LogP contribution in [-0.4, -0.2) is 0 Å². The predicted molar refractivity (Wildman–Crippen MR) is 69.7 cm³/mol. The molecule has 0 spiro atoms. The maximum atomic E-state index is 5.85. The Bertz CT molecular complexity index is 413. The van der Waals surface area contributed by atoms with Crippen molar-refractivity contribution in [1.29, 1.82) is 0 Å². The van der Waals surface area contributed by atoms with Crippen molar-refractivity contribution in [1.82, 2.24) is 0 Å². The molecule has 0 radical (unpaired) electrons. The molecule has 1 nitrogen and oxygen atoms in total. The summed E-state index contributed by atoms with van der Waals surface area (Å²) >= 11 is 5.85. The fourth-order valence-electron chi connectivity index (χ4n) is 1.11. The minimum absolute atomic E-state index is 0.556. The van der Waals surface area contributed by atoms with Crippen molar-refractivity contribution < 1.29 is 4.74 Å². The topological polar surface area (TPSA) is 9.23 Å². The van der Waals surface area contributed by atoms with E-state index in [-0.39, 0.29) is 0 Å². The standard InChI is InChI=1S/C14H15ClO/c1-4-12(15)10-13(5-2)16-14-8-6-11(3)7-9-14/h4-10H,1H2,2-3H3/b12-10+,13-5+. The van der Waals surface area contributed by atoms with E-state index in [4.69, 9.17) is 16.3 Å². The van der Waals surface area contributed by atoms with Crippen molar-refractivity contribution in [2.45, 2.75) is 13.8 Å². The van der Waals surface area contributed by atoms with Gasteiger partial charge in [-0.15, -0.1) is 0 Å². The van der Waals surface area contributed by atoms with Crippen LogP contribution in [-0.2, 0) is 0 Å². The lowest BCUT2D eigenvalue weighted by atomic mass is 10.2. The normalized spacial score (nSPS) is 12.4. The van der Waals surface area contributed by atoms with Crippen LogP contribution in [0, 0.1) is 6.92 Å². The van der Waals surface area contributed by atoms with Gasteiger partial charge >= 0.3 is 0 Å². The van der Waals surface area contributed by atoms with Crippen LogP contribution in [0.5, 0.6) is 5.75 Å². The number of rotatable bonds is 4. The minimum Gasteiger partial charge on any atom is -0.458 e. The third-order valence-corrected chi connectivity index (χ3v) is 2.28. The van der Waals surface area contributed by atoms with Crippen LogP contribution in [0.1, 0.15) is 12.5 Å². The summed E-state index contributed by atoms with van der Waals surface area (Å²) in [6, 6.07) is 7.85. The fourth-order valence-corrected chi connectivity index (χ4v) is 1.22. The lowest BCUT2D eigenvalue weighted by Gasteiger charge is -2.06. The molecule has 84 valence electrons. The van der Waals surface area contributed by atoms with Gasteiger partial charge < -0.3 is 4.74 Å². The van der Waals surface area contributed by atoms with Crippen LogP contribution >= 0.6 is 11.6 Å². The van der Waals surface area contributed by atoms with Gasteiger partial charge in [-0.2, -0.15) is 0 Å². The molecule has 0 N–H and O–H groups in total. The number of halogens is 1. The Kier molecular flexibility index (Phi) is 4.87. The second-order valence-corrected chi connectivity index (χ2v) is 3.78. The minimum atomic E-state index is 0.556. The Hall–Kier alpha value is -1.47. The van der Waals surface area contributed by atoms with Crippen LogP contribution in [0.3, 0.4) is 0 Å². The molecule has 0 fully saturated rings. The van der Waals surface area contributed by atoms with Crippen molar-refractivity contribution >= 4 is 11.6 Å². The molecule has 0 aliphatic carbocycles. The van der Waals surface area contributed by atoms with Gasteiger partial charge in [-0.1, -0.05) is 42.0 Å². The molecule has 1 aromatic carbocycles. The molecule has 0 aliphatic rings. The molecule has 0 atom stereocenters. The Morgan fingerprint density at radius 1 is 1.31 bits per heavy atom. The van der Waals surface area contributed by atoms with Crippen LogP contribution in [0.2, 0.25) is 0 Å². The first kappa shape index (κ1) is 12.6. The first-order valence-electron chi connectivity index (χ1n) is 5.06. The number of aryl methyl sites for hydroxylation is 1. The first-order valence-corrected chi connectivity index (χ1v) is 5.44. The van der Waals surface area contributed by atoms with Gasteiger partial charge in [0.1, 0.15) is 11.5 Å². The van der Waals surface area contributed by atoms with E-state index >= 15 is 0 Å². The Labute approximate surface area is 102 Å². The molecule has 0 amide bonds. The largest absolute Gasteiger partial charge is 0.458 e. The highest BCUT2D eigenvalue weighted by atomic mass is 35.5. The van der Waals surface area contributed by atoms with Gasteiger partial charge in [0.15, 0.2) is 0 Å². The molecule has 0 unspecified atom stereocenters. The average molecular weight is 235 g/mol. The molecular formula is C14H15ClO. The number of benzene rings is 1. The molecular weight excluding hydrogens is 220 g/mol. The molecule has 0 heterocycles. The zero-order valence-corrected chi connectivity index (χ0v) is 10.3. The molecule has 1 aromatic rings. The molecule has 0 aliphatic heterocycles. The summed E-state index contributed by atoms with van der Waals surface area (Å²) in [6.07, 6.45) is 5.16. The molecule has 0 aromatic heterocycles. The second kappa shape index (κ2) is 6.19. The number of allylic oxidation sites excluding steroid dienone is 4. The summed E-state index contributed by atoms with van der Waals surface area (Å²) in [7, 11) is 0. The van der Waals surface area contributed by atoms with Gasteiger partial charge in [0.05, 0.1) is 0 Å². The van der Waals surface area contributed by atoms with Gasteiger partial charge in [0, 0.05) is 5.03 Å². The highest BCUT2D eigenvalue weighted by Crippen LogP contribution is 2.17. The van der Waals surface area contributed by atoms with Crippen molar-refractivity contribution in [2.75, 3.05) is 0 Å². The molecule has 0 bridgehead atoms. The van der Waals surface area contributed by atoms with Gasteiger partial charge in [-0.05, 0) is 38.1 Å². The van der Waals surface area contributed by atoms with Crippen LogP contribution in [0.4, 0.5) is 0 Å². The van der Waals surface area contributed by atoms with Crippen LogP contribution in [0.25, 0.3) is 0 Å². The van der Waals surface area contributed by atoms with E-state index in [0.29, 0.717) is 10.8 Å². The lowest BCUT2D eigenvalue weighted by Crippen LogP contribution is -1.92. The van der Waals surface area contributed by atoms with E-state index in [0.717, 1.165) is 5.75 Å². The summed E-state index contributed by atoms with van der Waals surface area (Å²) in [6.45, 7) is 7.52. The summed E-state index contributed by atoms with van der Waals surface area (Å²) in [5, 5.41) is 0.556. The first-order chi connectivity index (χ1) is 7.65. The summed E-state index contributed by atoms with van der Waals surface area (Å²) in [4.78, 5) is 0. The maximum absolute atomic E-state index is 5.85. The van der Waals surface area contributed by atoms with Gasteiger partial charge in [-0.3, -0.25) is 0 Å². The Balaban J connectivity index is 2.79. The van der Waals surface area contributed by atoms with Crippen molar-refractivity contribution in [3.05, 3.63) is 65.4 Å². The highest BCUT2D eigenvalue weighted by Gasteiger charge is 1.97. The van der Waals surface area contributed by atoms with E-state index in [1.54, 1.807) is 12.2 Å². The Morgan fingerprint density at radius 2 is 1.94 bits per heavy atom. The van der Waals surface area contributed by atoms with Gasteiger partial charge in [0.2, 0.25) is 0 Å². The van der Waals surface area contributed by atoms with Crippen molar-refractivity contribution in [3.63, 3.8) is 0 Å². The fraction of sp³-hybridized carbons (Fsp3) is 0.143. The number of hydrogen-bond donors (Lipinski definition) is 0. The second-order valence-electron chi connectivity index (χ2n) is 3.34. The third kappa shape index (κ3) is 3.95. The monoisotopic (exact) mass is 234 g/mol. The maximum Gasteiger partial charge on any atom is 0.127 e. The van der Waals surface area contributed by atoms with E-state index < -0.39 is 0 Å². The molecule has 1 rings (SSSR count). The van der Waals surface area contributed by atoms with E-state index in [1.807, 2.05) is 44.2 Å². The lowest BCUT2D eigenvalue weighted by molar-refractivity contribution is 0.443. The van der Waals surface area contributed by atoms with Crippen LogP contribution in [0.15, 0.2) is 59.9 Å². The smallest absolute Gasteiger partial charge is 0.127 e. The number of ether oxygens (including phenoxy) is 1. The third-order valence-electron chi connectivity index (χ3n) is 2.02. The van der Waals surface area contributed by atoms with Crippen molar-refractivity contribution in [3.8, 4) is 5.75 Å². The summed E-state index contributed by atoms with van der Waals surface area (Å²) < 4.78 is 5.64. The predicted octanol–water partition coefficient (Wildman–Crippen LogP) is 4.59. The van der Waals surface area contributed by atoms with Crippen LogP contribution < -0.4 is 4.74 Å². The SMILES string of the molecule is C=C/C(Cl)=C\C(=C/C)Oc1ccc(C)cc1. The van der Waals surface area contributed by atoms with E-state index in [2.05, 4.69) is 6.58 Å². The van der Waals surface area contributed by atoms with E-state index in [1.165, 1.54) is 5.56 Å². The Morgan fingerprint density at radius 3 is 2.44 bits per heavy atom. The zero-order chi connectivity index (χ0) is 12.0. The average Bonchev–Trinajstić information content (AvgIpc) is 2.30. The number of hydrogen-bond acceptors (Lipinski definition) is 1.